The molecule has 1 aliphatic rings. The summed E-state index contributed by atoms with van der Waals surface area (Å²) < 4.78 is 19.0. The van der Waals surface area contributed by atoms with Gasteiger partial charge in [0, 0.05) is 17.6 Å². The lowest BCUT2D eigenvalue weighted by atomic mass is 9.86. The van der Waals surface area contributed by atoms with Crippen molar-refractivity contribution in [1.82, 2.24) is 4.98 Å². The van der Waals surface area contributed by atoms with Gasteiger partial charge in [-0.3, -0.25) is 4.79 Å². The van der Waals surface area contributed by atoms with Crippen molar-refractivity contribution in [3.05, 3.63) is 30.2 Å². The summed E-state index contributed by atoms with van der Waals surface area (Å²) in [6.45, 7) is 0. The fourth-order valence-electron chi connectivity index (χ4n) is 3.12. The maximum atomic E-state index is 14.0. The van der Waals surface area contributed by atoms with Crippen LogP contribution in [0.3, 0.4) is 0 Å². The Balaban J connectivity index is 1.81. The third-order valence-electron chi connectivity index (χ3n) is 4.45. The first-order valence-electron chi connectivity index (χ1n) is 7.70. The minimum atomic E-state index is -0.721. The molecule has 5 nitrogen and oxygen atoms in total. The maximum Gasteiger partial charge on any atom is 0.306 e. The van der Waals surface area contributed by atoms with E-state index in [9.17, 15) is 9.18 Å². The summed E-state index contributed by atoms with van der Waals surface area (Å²) in [6.07, 6.45) is 4.52. The van der Waals surface area contributed by atoms with Crippen LogP contribution in [0.5, 0.6) is 5.75 Å². The molecular formula is C17H19FN2O3. The number of methoxy groups -OCH3 is 1. The van der Waals surface area contributed by atoms with Gasteiger partial charge in [-0.25, -0.2) is 9.37 Å². The summed E-state index contributed by atoms with van der Waals surface area (Å²) in [5.74, 6) is -0.568. The summed E-state index contributed by atoms with van der Waals surface area (Å²) in [7, 11) is 1.44. The number of hydrogen-bond acceptors (Lipinski definition) is 4. The van der Waals surface area contributed by atoms with Gasteiger partial charge in [0.15, 0.2) is 11.6 Å². The van der Waals surface area contributed by atoms with E-state index in [0.29, 0.717) is 24.0 Å². The number of rotatable bonds is 4. The predicted molar refractivity (Wildman–Crippen MR) is 85.3 cm³/mol. The topological polar surface area (TPSA) is 71.5 Å². The van der Waals surface area contributed by atoms with Crippen LogP contribution in [0.2, 0.25) is 0 Å². The molecule has 0 unspecified atom stereocenters. The van der Waals surface area contributed by atoms with Crippen LogP contribution in [0, 0.1) is 11.7 Å². The normalized spacial score (nSPS) is 21.1. The van der Waals surface area contributed by atoms with Gasteiger partial charge in [0.25, 0.3) is 0 Å². The lowest BCUT2D eigenvalue weighted by Crippen LogP contribution is -2.29. The molecule has 0 radical (unpaired) electrons. The highest BCUT2D eigenvalue weighted by atomic mass is 19.1. The fourth-order valence-corrected chi connectivity index (χ4v) is 3.12. The second-order valence-corrected chi connectivity index (χ2v) is 5.90. The smallest absolute Gasteiger partial charge is 0.306 e. The Bertz CT molecular complexity index is 727. The molecule has 1 aliphatic carbocycles. The molecule has 3 rings (SSSR count). The van der Waals surface area contributed by atoms with Crippen LogP contribution in [0.1, 0.15) is 25.7 Å². The minimum absolute atomic E-state index is 0.161. The number of carbonyl (C=O) groups is 1. The van der Waals surface area contributed by atoms with Gasteiger partial charge in [0.05, 0.1) is 13.0 Å². The summed E-state index contributed by atoms with van der Waals surface area (Å²) >= 11 is 0. The summed E-state index contributed by atoms with van der Waals surface area (Å²) in [6, 6.07) is 5.04. The van der Waals surface area contributed by atoms with Crippen molar-refractivity contribution in [3.8, 4) is 5.75 Å². The minimum Gasteiger partial charge on any atom is -0.494 e. The second kappa shape index (κ2) is 6.40. The Labute approximate surface area is 133 Å². The average molecular weight is 318 g/mol. The van der Waals surface area contributed by atoms with Gasteiger partial charge in [0.1, 0.15) is 5.82 Å². The van der Waals surface area contributed by atoms with E-state index in [2.05, 4.69) is 10.3 Å². The van der Waals surface area contributed by atoms with E-state index in [0.717, 1.165) is 18.2 Å². The largest absolute Gasteiger partial charge is 0.494 e. The van der Waals surface area contributed by atoms with E-state index < -0.39 is 11.8 Å². The van der Waals surface area contributed by atoms with Gasteiger partial charge >= 0.3 is 5.97 Å². The monoisotopic (exact) mass is 318 g/mol. The number of anilines is 1. The molecule has 1 heterocycles. The van der Waals surface area contributed by atoms with Crippen molar-refractivity contribution in [2.75, 3.05) is 12.4 Å². The molecule has 0 aliphatic heterocycles. The molecule has 2 N–H and O–H groups in total. The molecule has 0 saturated heterocycles. The first-order valence-corrected chi connectivity index (χ1v) is 7.70. The molecule has 1 aromatic heterocycles. The number of hydrogen-bond donors (Lipinski definition) is 2. The Kier molecular flexibility index (Phi) is 4.32. The summed E-state index contributed by atoms with van der Waals surface area (Å²) in [5.41, 5.74) is 0. The highest BCUT2D eigenvalue weighted by Gasteiger charge is 2.26. The molecule has 2 aromatic rings. The molecular weight excluding hydrogens is 299 g/mol. The molecule has 1 fully saturated rings. The van der Waals surface area contributed by atoms with E-state index >= 15 is 0 Å². The maximum absolute atomic E-state index is 14.0. The zero-order valence-corrected chi connectivity index (χ0v) is 12.9. The Morgan fingerprint density at radius 3 is 2.74 bits per heavy atom. The number of aliphatic carboxylic acids is 1. The summed E-state index contributed by atoms with van der Waals surface area (Å²) in [4.78, 5) is 15.3. The Morgan fingerprint density at radius 2 is 2.09 bits per heavy atom. The first-order chi connectivity index (χ1) is 11.1. The highest BCUT2D eigenvalue weighted by molar-refractivity contribution is 5.92. The van der Waals surface area contributed by atoms with E-state index in [1.54, 1.807) is 12.3 Å². The van der Waals surface area contributed by atoms with Gasteiger partial charge in [-0.15, -0.1) is 0 Å². The third-order valence-corrected chi connectivity index (χ3v) is 4.45. The van der Waals surface area contributed by atoms with E-state index in [-0.39, 0.29) is 17.7 Å². The zero-order chi connectivity index (χ0) is 16.4. The number of nitrogens with zero attached hydrogens (tertiary/aromatic N) is 1. The number of fused-ring (bicyclic) bond motifs is 1. The molecule has 1 saturated carbocycles. The molecule has 6 heteroatoms. The molecule has 23 heavy (non-hydrogen) atoms. The van der Waals surface area contributed by atoms with Crippen molar-refractivity contribution in [2.45, 2.75) is 31.7 Å². The quantitative estimate of drug-likeness (QED) is 0.903. The van der Waals surface area contributed by atoms with Crippen molar-refractivity contribution in [1.29, 1.82) is 0 Å². The van der Waals surface area contributed by atoms with Crippen molar-refractivity contribution < 1.29 is 19.0 Å². The van der Waals surface area contributed by atoms with Crippen LogP contribution < -0.4 is 10.1 Å². The predicted octanol–water partition coefficient (Wildman–Crippen LogP) is 3.44. The number of aromatic nitrogens is 1. The van der Waals surface area contributed by atoms with E-state index in [1.807, 2.05) is 6.07 Å². The Morgan fingerprint density at radius 1 is 1.35 bits per heavy atom. The van der Waals surface area contributed by atoms with Crippen LogP contribution in [-0.4, -0.2) is 29.2 Å². The van der Waals surface area contributed by atoms with Crippen LogP contribution in [0.15, 0.2) is 24.4 Å². The second-order valence-electron chi connectivity index (χ2n) is 5.90. The SMILES string of the molecule is COc1cc2ccnc(NC3CCC(C(=O)O)CC3)c2cc1F. The van der Waals surface area contributed by atoms with E-state index in [1.165, 1.54) is 13.2 Å². The molecule has 0 amide bonds. The van der Waals surface area contributed by atoms with Crippen molar-refractivity contribution in [2.24, 2.45) is 5.92 Å². The van der Waals surface area contributed by atoms with Crippen molar-refractivity contribution >= 4 is 22.6 Å². The number of pyridine rings is 1. The number of carboxylic acid groups (broad SMARTS) is 1. The van der Waals surface area contributed by atoms with Crippen LogP contribution >= 0.6 is 0 Å². The van der Waals surface area contributed by atoms with Gasteiger partial charge in [-0.1, -0.05) is 0 Å². The first kappa shape index (κ1) is 15.5. The molecule has 0 atom stereocenters. The van der Waals surface area contributed by atoms with Crippen LogP contribution in [-0.2, 0) is 4.79 Å². The molecule has 0 spiro atoms. The number of ether oxygens (including phenoxy) is 1. The number of halogens is 1. The van der Waals surface area contributed by atoms with E-state index in [4.69, 9.17) is 9.84 Å². The van der Waals surface area contributed by atoms with Crippen molar-refractivity contribution in [3.63, 3.8) is 0 Å². The highest BCUT2D eigenvalue weighted by Crippen LogP contribution is 2.31. The third kappa shape index (κ3) is 3.21. The van der Waals surface area contributed by atoms with Crippen LogP contribution in [0.4, 0.5) is 10.2 Å². The lowest BCUT2D eigenvalue weighted by molar-refractivity contribution is -0.142. The van der Waals surface area contributed by atoms with Gasteiger partial charge in [-0.05, 0) is 49.3 Å². The van der Waals surface area contributed by atoms with Gasteiger partial charge < -0.3 is 15.2 Å². The zero-order valence-electron chi connectivity index (χ0n) is 12.9. The average Bonchev–Trinajstić information content (AvgIpc) is 2.55. The fraction of sp³-hybridized carbons (Fsp3) is 0.412. The summed E-state index contributed by atoms with van der Waals surface area (Å²) in [5, 5.41) is 13.9. The molecule has 122 valence electrons. The Hall–Kier alpha value is -2.37. The van der Waals surface area contributed by atoms with Gasteiger partial charge in [0.2, 0.25) is 0 Å². The lowest BCUT2D eigenvalue weighted by Gasteiger charge is -2.27. The molecule has 0 bridgehead atoms. The van der Waals surface area contributed by atoms with Crippen LogP contribution in [0.25, 0.3) is 10.8 Å². The van der Waals surface area contributed by atoms with Gasteiger partial charge in [-0.2, -0.15) is 0 Å². The standard InChI is InChI=1S/C17H19FN2O3/c1-23-15-8-11-6-7-19-16(13(11)9-14(15)18)20-12-4-2-10(3-5-12)17(21)22/h6-10,12H,2-5H2,1H3,(H,19,20)(H,21,22). The number of nitrogens with one attached hydrogen (secondary N) is 1. The number of carboxylic acids is 1. The number of benzene rings is 1. The molecule has 1 aromatic carbocycles.